The van der Waals surface area contributed by atoms with E-state index in [1.54, 1.807) is 18.2 Å². The highest BCUT2D eigenvalue weighted by Gasteiger charge is 2.58. The molecule has 6 atom stereocenters. The van der Waals surface area contributed by atoms with Gasteiger partial charge >= 0.3 is 19.4 Å². The molecule has 1 aromatic carbocycles. The second-order valence-corrected chi connectivity index (χ2v) is 10.5. The third-order valence-electron chi connectivity index (χ3n) is 5.31. The molecule has 1 aromatic heterocycles. The third-order valence-corrected chi connectivity index (χ3v) is 7.36. The number of para-hydroxylation sites is 1. The van der Waals surface area contributed by atoms with Crippen molar-refractivity contribution in [3.05, 3.63) is 63.4 Å². The highest BCUT2D eigenvalue weighted by Crippen LogP contribution is 2.48. The zero-order valence-corrected chi connectivity index (χ0v) is 21.7. The molecule has 0 aliphatic carbocycles. The molecule has 0 spiro atoms. The lowest BCUT2D eigenvalue weighted by molar-refractivity contribution is -0.145. The Morgan fingerprint density at radius 2 is 2.05 bits per heavy atom. The second kappa shape index (κ2) is 12.3. The summed E-state index contributed by atoms with van der Waals surface area (Å²) in [4.78, 5) is 37.7. The van der Waals surface area contributed by atoms with Gasteiger partial charge in [0.25, 0.3) is 10.7 Å². The minimum atomic E-state index is -4.34. The Morgan fingerprint density at radius 3 is 2.70 bits per heavy atom. The Hall–Kier alpha value is -2.54. The number of aliphatic hydroxyl groups is 1. The summed E-state index contributed by atoms with van der Waals surface area (Å²) in [6.45, 7) is 2.77. The number of halogens is 2. The lowest BCUT2D eigenvalue weighted by Gasteiger charge is -2.24. The third kappa shape index (κ3) is 7.28. The van der Waals surface area contributed by atoms with Gasteiger partial charge in [-0.1, -0.05) is 43.1 Å². The first-order chi connectivity index (χ1) is 17.5. The zero-order chi connectivity index (χ0) is 27.2. The second-order valence-electron chi connectivity index (χ2n) is 8.23. The number of hydrogen-bond donors (Lipinski definition) is 3. The first kappa shape index (κ1) is 29.0. The maximum Gasteiger partial charge on any atom is 0.459 e. The monoisotopic (exact) mass is 563 g/mol. The Labute approximate surface area is 216 Å². The molecule has 0 bridgehead atoms. The molecule has 1 aliphatic rings. The van der Waals surface area contributed by atoms with Crippen LogP contribution < -0.4 is 20.9 Å². The van der Waals surface area contributed by atoms with E-state index in [0.717, 1.165) is 18.7 Å². The van der Waals surface area contributed by atoms with Crippen molar-refractivity contribution in [1.29, 1.82) is 0 Å². The number of ether oxygens (including phenoxy) is 2. The summed E-state index contributed by atoms with van der Waals surface area (Å²) in [5.74, 6) is -0.570. The van der Waals surface area contributed by atoms with Crippen LogP contribution in [0.3, 0.4) is 0 Å². The highest BCUT2D eigenvalue weighted by atomic mass is 35.5. The number of alkyl halides is 2. The van der Waals surface area contributed by atoms with Crippen molar-refractivity contribution in [2.75, 3.05) is 13.2 Å². The van der Waals surface area contributed by atoms with Crippen molar-refractivity contribution >= 4 is 25.3 Å². The largest absolute Gasteiger partial charge is 0.465 e. The molecule has 0 saturated carbocycles. The van der Waals surface area contributed by atoms with Gasteiger partial charge in [0.05, 0.1) is 13.2 Å². The highest BCUT2D eigenvalue weighted by molar-refractivity contribution is 7.52. The summed E-state index contributed by atoms with van der Waals surface area (Å²) < 4.78 is 50.9. The molecular weight excluding hydrogens is 536 g/mol. The summed E-state index contributed by atoms with van der Waals surface area (Å²) in [6, 6.07) is 7.73. The van der Waals surface area contributed by atoms with E-state index in [9.17, 15) is 24.1 Å². The minimum absolute atomic E-state index is 0.132. The van der Waals surface area contributed by atoms with Crippen LogP contribution in [0.2, 0.25) is 0 Å². The number of unbranched alkanes of at least 4 members (excludes halogenated alkanes) is 1. The number of carbonyl (C=O) groups is 1. The van der Waals surface area contributed by atoms with Gasteiger partial charge in [-0.25, -0.2) is 13.8 Å². The summed E-state index contributed by atoms with van der Waals surface area (Å²) in [6.07, 6.45) is -3.01. The van der Waals surface area contributed by atoms with Crippen molar-refractivity contribution in [3.63, 3.8) is 0 Å². The molecule has 1 fully saturated rings. The van der Waals surface area contributed by atoms with Gasteiger partial charge in [-0.2, -0.15) is 5.09 Å². The Morgan fingerprint density at radius 1 is 1.35 bits per heavy atom. The molecule has 0 radical (unpaired) electrons. The number of esters is 1. The number of nitrogens with zero attached hydrogens (tertiary/aromatic N) is 1. The van der Waals surface area contributed by atoms with Crippen LogP contribution in [0.4, 0.5) is 4.39 Å². The standard InChI is InChI=1S/C22H28ClFN3O9P/c1-3-4-12-33-19(30)14(2)26-37(32,36-15-8-6-5-7-9-15)34-13-16-18(29)22(23,24)20(35-16)27-11-10-17(28)25-21(27)31/h5-11,14,16,18,20,29H,3-4,12-13H2,1-2H3,(H,26,32)(H,25,28,31)/t14-,16+,18+,20+,22+,37?/m0/s1. The SMILES string of the molecule is CCCCOC(=O)[C@H](C)NP(=O)(OC[C@H]1O[C@@H](n2ccc(=O)[nH]c2=O)[C@@](F)(Cl)[C@@H]1O)Oc1ccccc1. The fourth-order valence-electron chi connectivity index (χ4n) is 3.33. The van der Waals surface area contributed by atoms with Crippen LogP contribution in [-0.4, -0.2) is 57.2 Å². The predicted molar refractivity (Wildman–Crippen MR) is 130 cm³/mol. The number of benzene rings is 1. The molecule has 2 heterocycles. The molecule has 1 unspecified atom stereocenters. The van der Waals surface area contributed by atoms with Gasteiger partial charge in [0.1, 0.15) is 24.0 Å². The topological polar surface area (TPSA) is 158 Å². The molecule has 3 rings (SSSR count). The number of rotatable bonds is 12. The number of aliphatic hydroxyl groups excluding tert-OH is 1. The van der Waals surface area contributed by atoms with Crippen molar-refractivity contribution < 1.29 is 37.4 Å². The molecule has 2 aromatic rings. The van der Waals surface area contributed by atoms with Crippen LogP contribution in [0, 0.1) is 0 Å². The van der Waals surface area contributed by atoms with Gasteiger partial charge in [-0.15, -0.1) is 0 Å². The van der Waals surface area contributed by atoms with Gasteiger partial charge in [-0.3, -0.25) is 23.7 Å². The molecule has 0 amide bonds. The van der Waals surface area contributed by atoms with E-state index < -0.39 is 61.2 Å². The van der Waals surface area contributed by atoms with Crippen LogP contribution in [0.5, 0.6) is 5.75 Å². The van der Waals surface area contributed by atoms with E-state index in [0.29, 0.717) is 11.0 Å². The van der Waals surface area contributed by atoms with Crippen LogP contribution >= 0.6 is 19.3 Å². The van der Waals surface area contributed by atoms with Gasteiger partial charge < -0.3 is 19.1 Å². The lowest BCUT2D eigenvalue weighted by atomic mass is 10.1. The van der Waals surface area contributed by atoms with E-state index in [1.807, 2.05) is 11.9 Å². The van der Waals surface area contributed by atoms with Gasteiger partial charge in [0, 0.05) is 12.3 Å². The number of nitrogens with one attached hydrogen (secondary N) is 2. The average molecular weight is 564 g/mol. The Kier molecular flexibility index (Phi) is 9.68. The molecule has 12 nitrogen and oxygen atoms in total. The molecule has 15 heteroatoms. The van der Waals surface area contributed by atoms with E-state index in [4.69, 9.17) is 30.1 Å². The van der Waals surface area contributed by atoms with Gasteiger partial charge in [0.2, 0.25) is 0 Å². The lowest BCUT2D eigenvalue weighted by Crippen LogP contribution is -2.42. The van der Waals surface area contributed by atoms with Crippen LogP contribution in [-0.2, 0) is 23.4 Å². The molecule has 1 aliphatic heterocycles. The van der Waals surface area contributed by atoms with Crippen molar-refractivity contribution in [1.82, 2.24) is 14.6 Å². The summed E-state index contributed by atoms with van der Waals surface area (Å²) in [7, 11) is -4.34. The van der Waals surface area contributed by atoms with E-state index in [1.165, 1.54) is 19.1 Å². The zero-order valence-electron chi connectivity index (χ0n) is 20.0. The number of aromatic nitrogens is 2. The molecule has 37 heavy (non-hydrogen) atoms. The first-order valence-electron chi connectivity index (χ1n) is 11.4. The van der Waals surface area contributed by atoms with E-state index >= 15 is 4.39 Å². The summed E-state index contributed by atoms with van der Waals surface area (Å²) >= 11 is 5.87. The fourth-order valence-corrected chi connectivity index (χ4v) is 5.13. The fraction of sp³-hybridized carbons (Fsp3) is 0.500. The first-order valence-corrected chi connectivity index (χ1v) is 13.4. The molecule has 1 saturated heterocycles. The number of carbonyl (C=O) groups excluding carboxylic acids is 1. The van der Waals surface area contributed by atoms with Crippen molar-refractivity contribution in [2.45, 2.75) is 56.3 Å². The van der Waals surface area contributed by atoms with E-state index in [-0.39, 0.29) is 12.4 Å². The predicted octanol–water partition coefficient (Wildman–Crippen LogP) is 2.22. The maximum absolute atomic E-state index is 15.2. The normalized spacial score (nSPS) is 25.8. The smallest absolute Gasteiger partial charge is 0.459 e. The average Bonchev–Trinajstić information content (AvgIpc) is 3.07. The van der Waals surface area contributed by atoms with Crippen LogP contribution in [0.15, 0.2) is 52.2 Å². The summed E-state index contributed by atoms with van der Waals surface area (Å²) in [5.41, 5.74) is -1.75. The van der Waals surface area contributed by atoms with Crippen molar-refractivity contribution in [3.8, 4) is 5.75 Å². The minimum Gasteiger partial charge on any atom is -0.465 e. The quantitative estimate of drug-likeness (QED) is 0.151. The molecular formula is C22H28ClFN3O9P. The summed E-state index contributed by atoms with van der Waals surface area (Å²) in [5, 5.41) is 9.90. The molecule has 3 N–H and O–H groups in total. The van der Waals surface area contributed by atoms with Crippen molar-refractivity contribution in [2.24, 2.45) is 0 Å². The maximum atomic E-state index is 15.2. The number of aromatic amines is 1. The van der Waals surface area contributed by atoms with Gasteiger partial charge in [0.15, 0.2) is 6.23 Å². The number of hydrogen-bond acceptors (Lipinski definition) is 9. The van der Waals surface area contributed by atoms with Gasteiger partial charge in [-0.05, 0) is 25.5 Å². The van der Waals surface area contributed by atoms with Crippen LogP contribution in [0.25, 0.3) is 0 Å². The van der Waals surface area contributed by atoms with E-state index in [2.05, 4.69) is 5.09 Å². The molecule has 204 valence electrons. The van der Waals surface area contributed by atoms with Crippen LogP contribution in [0.1, 0.15) is 32.9 Å². The number of H-pyrrole nitrogens is 1. The Bertz CT molecular complexity index is 1230. The Balaban J connectivity index is 1.77.